The average Bonchev–Trinajstić information content (AvgIpc) is 2.71. The number of amides is 2. The minimum atomic E-state index is -0.312. The monoisotopic (exact) mass is 381 g/mol. The number of benzene rings is 2. The predicted octanol–water partition coefficient (Wildman–Crippen LogP) is 3.83. The van der Waals surface area contributed by atoms with Crippen molar-refractivity contribution in [2.75, 3.05) is 43.0 Å². The van der Waals surface area contributed by atoms with Crippen LogP contribution in [0.5, 0.6) is 0 Å². The summed E-state index contributed by atoms with van der Waals surface area (Å²) in [5.74, 6) is -0.312. The molecule has 1 N–H and O–H groups in total. The summed E-state index contributed by atoms with van der Waals surface area (Å²) in [6.45, 7) is 8.64. The number of ether oxygens (including phenoxy) is 1. The molecule has 6 heteroatoms. The number of carbonyl (C=O) groups is 2. The van der Waals surface area contributed by atoms with Gasteiger partial charge < -0.3 is 19.9 Å². The molecule has 28 heavy (non-hydrogen) atoms. The molecule has 0 unspecified atom stereocenters. The lowest BCUT2D eigenvalue weighted by Crippen LogP contribution is -2.50. The molecule has 1 heterocycles. The van der Waals surface area contributed by atoms with Crippen LogP contribution in [0.1, 0.15) is 28.4 Å². The van der Waals surface area contributed by atoms with Gasteiger partial charge in [0.1, 0.15) is 0 Å². The zero-order valence-electron chi connectivity index (χ0n) is 16.7. The summed E-state index contributed by atoms with van der Waals surface area (Å²) in [4.78, 5) is 28.9. The van der Waals surface area contributed by atoms with Crippen LogP contribution in [0, 0.1) is 13.8 Å². The van der Waals surface area contributed by atoms with Crippen molar-refractivity contribution >= 4 is 23.4 Å². The number of carbonyl (C=O) groups excluding carboxylic acids is 2. The highest BCUT2D eigenvalue weighted by atomic mass is 16.5. The second kappa shape index (κ2) is 8.78. The first-order valence-electron chi connectivity index (χ1n) is 9.64. The van der Waals surface area contributed by atoms with Crippen LogP contribution in [-0.4, -0.2) is 49.7 Å². The van der Waals surface area contributed by atoms with E-state index >= 15 is 0 Å². The highest BCUT2D eigenvalue weighted by Crippen LogP contribution is 2.24. The quantitative estimate of drug-likeness (QED) is 0.818. The maximum atomic E-state index is 12.7. The van der Waals surface area contributed by atoms with Crippen LogP contribution in [0.15, 0.2) is 42.5 Å². The highest BCUT2D eigenvalue weighted by molar-refractivity contribution is 5.96. The van der Waals surface area contributed by atoms with Gasteiger partial charge in [0.15, 0.2) is 0 Å². The molecule has 1 aliphatic rings. The Morgan fingerprint density at radius 2 is 1.61 bits per heavy atom. The summed E-state index contributed by atoms with van der Waals surface area (Å²) in [5.41, 5.74) is 4.40. The van der Waals surface area contributed by atoms with Gasteiger partial charge in [0.25, 0.3) is 0 Å². The van der Waals surface area contributed by atoms with E-state index in [1.807, 2.05) is 55.1 Å². The number of nitrogens with zero attached hydrogens (tertiary/aromatic N) is 2. The largest absolute Gasteiger partial charge is 0.462 e. The maximum Gasteiger partial charge on any atom is 0.340 e. The van der Waals surface area contributed by atoms with Crippen molar-refractivity contribution in [2.24, 2.45) is 0 Å². The molecule has 0 bridgehead atoms. The lowest BCUT2D eigenvalue weighted by atomic mass is 10.1. The molecule has 0 saturated carbocycles. The van der Waals surface area contributed by atoms with Crippen LogP contribution in [0.2, 0.25) is 0 Å². The van der Waals surface area contributed by atoms with Crippen LogP contribution in [-0.2, 0) is 4.74 Å². The van der Waals surface area contributed by atoms with E-state index in [-0.39, 0.29) is 12.0 Å². The molecule has 6 nitrogen and oxygen atoms in total. The first-order chi connectivity index (χ1) is 13.5. The first-order valence-corrected chi connectivity index (χ1v) is 9.64. The van der Waals surface area contributed by atoms with E-state index in [2.05, 4.69) is 10.2 Å². The van der Waals surface area contributed by atoms with Crippen molar-refractivity contribution in [3.05, 3.63) is 59.2 Å². The number of rotatable bonds is 4. The van der Waals surface area contributed by atoms with Gasteiger partial charge in [-0.3, -0.25) is 0 Å². The molecule has 1 fully saturated rings. The molecule has 1 aliphatic heterocycles. The Balaban J connectivity index is 1.65. The van der Waals surface area contributed by atoms with Gasteiger partial charge in [-0.05, 0) is 44.0 Å². The summed E-state index contributed by atoms with van der Waals surface area (Å²) in [7, 11) is 0. The van der Waals surface area contributed by atoms with Crippen molar-refractivity contribution in [1.82, 2.24) is 4.90 Å². The van der Waals surface area contributed by atoms with Gasteiger partial charge in [-0.15, -0.1) is 0 Å². The van der Waals surface area contributed by atoms with E-state index in [1.54, 1.807) is 13.0 Å². The maximum absolute atomic E-state index is 12.7. The lowest BCUT2D eigenvalue weighted by molar-refractivity contribution is 0.0527. The van der Waals surface area contributed by atoms with E-state index in [0.29, 0.717) is 38.3 Å². The van der Waals surface area contributed by atoms with Crippen LogP contribution >= 0.6 is 0 Å². The predicted molar refractivity (Wildman–Crippen MR) is 111 cm³/mol. The Morgan fingerprint density at radius 3 is 2.25 bits per heavy atom. The minimum absolute atomic E-state index is 0.0873. The number of anilines is 2. The molecule has 0 atom stereocenters. The Labute approximate surface area is 166 Å². The normalized spacial score (nSPS) is 14.0. The van der Waals surface area contributed by atoms with Gasteiger partial charge >= 0.3 is 12.0 Å². The Kier molecular flexibility index (Phi) is 6.19. The fraction of sp³-hybridized carbons (Fsp3) is 0.364. The molecule has 2 aromatic carbocycles. The van der Waals surface area contributed by atoms with Crippen LogP contribution in [0.3, 0.4) is 0 Å². The lowest BCUT2D eigenvalue weighted by Gasteiger charge is -2.36. The van der Waals surface area contributed by atoms with Gasteiger partial charge in [0.05, 0.1) is 17.9 Å². The van der Waals surface area contributed by atoms with E-state index in [9.17, 15) is 9.59 Å². The number of piperazine rings is 1. The van der Waals surface area contributed by atoms with Gasteiger partial charge in [0, 0.05) is 31.9 Å². The smallest absolute Gasteiger partial charge is 0.340 e. The SMILES string of the molecule is CCOC(=O)c1ccccc1N1CCN(C(=O)Nc2c(C)cccc2C)CC1. The Hall–Kier alpha value is -3.02. The van der Waals surface area contributed by atoms with Gasteiger partial charge in [-0.1, -0.05) is 30.3 Å². The Bertz CT molecular complexity index is 838. The second-order valence-electron chi connectivity index (χ2n) is 6.91. The van der Waals surface area contributed by atoms with Gasteiger partial charge in [-0.2, -0.15) is 0 Å². The number of urea groups is 1. The molecule has 0 spiro atoms. The highest BCUT2D eigenvalue weighted by Gasteiger charge is 2.24. The van der Waals surface area contributed by atoms with E-state index in [1.165, 1.54) is 0 Å². The summed E-state index contributed by atoms with van der Waals surface area (Å²) in [6.07, 6.45) is 0. The fourth-order valence-electron chi connectivity index (χ4n) is 3.48. The van der Waals surface area contributed by atoms with Gasteiger partial charge in [0.2, 0.25) is 0 Å². The first kappa shape index (κ1) is 19.7. The number of esters is 1. The summed E-state index contributed by atoms with van der Waals surface area (Å²) < 4.78 is 5.17. The molecule has 0 aliphatic carbocycles. The number of para-hydroxylation sites is 2. The van der Waals surface area contributed by atoms with E-state index in [0.717, 1.165) is 22.5 Å². The van der Waals surface area contributed by atoms with Crippen molar-refractivity contribution in [3.8, 4) is 0 Å². The molecular formula is C22H27N3O3. The molecule has 2 amide bonds. The number of nitrogens with one attached hydrogen (secondary N) is 1. The molecular weight excluding hydrogens is 354 g/mol. The fourth-order valence-corrected chi connectivity index (χ4v) is 3.48. The third-order valence-corrected chi connectivity index (χ3v) is 5.02. The average molecular weight is 381 g/mol. The molecule has 148 valence electrons. The third-order valence-electron chi connectivity index (χ3n) is 5.02. The number of hydrogen-bond acceptors (Lipinski definition) is 4. The van der Waals surface area contributed by atoms with Crippen LogP contribution < -0.4 is 10.2 Å². The second-order valence-corrected chi connectivity index (χ2v) is 6.91. The summed E-state index contributed by atoms with van der Waals surface area (Å²) in [6, 6.07) is 13.4. The third kappa shape index (κ3) is 4.27. The molecule has 0 radical (unpaired) electrons. The number of aryl methyl sites for hydroxylation is 2. The van der Waals surface area contributed by atoms with E-state index < -0.39 is 0 Å². The standard InChI is InChI=1S/C22H27N3O3/c1-4-28-21(26)18-10-5-6-11-19(18)24-12-14-25(15-13-24)22(27)23-20-16(2)8-7-9-17(20)3/h5-11H,4,12-15H2,1-3H3,(H,23,27). The van der Waals surface area contributed by atoms with Crippen molar-refractivity contribution in [3.63, 3.8) is 0 Å². The van der Waals surface area contributed by atoms with Crippen LogP contribution in [0.4, 0.5) is 16.2 Å². The van der Waals surface area contributed by atoms with Crippen molar-refractivity contribution in [2.45, 2.75) is 20.8 Å². The zero-order chi connectivity index (χ0) is 20.1. The molecule has 1 saturated heterocycles. The van der Waals surface area contributed by atoms with Crippen molar-refractivity contribution < 1.29 is 14.3 Å². The minimum Gasteiger partial charge on any atom is -0.462 e. The topological polar surface area (TPSA) is 61.9 Å². The van der Waals surface area contributed by atoms with Crippen molar-refractivity contribution in [1.29, 1.82) is 0 Å². The molecule has 0 aromatic heterocycles. The zero-order valence-corrected chi connectivity index (χ0v) is 16.7. The summed E-state index contributed by atoms with van der Waals surface area (Å²) in [5, 5.41) is 3.04. The van der Waals surface area contributed by atoms with E-state index in [4.69, 9.17) is 4.74 Å². The summed E-state index contributed by atoms with van der Waals surface area (Å²) >= 11 is 0. The Morgan fingerprint density at radius 1 is 0.964 bits per heavy atom. The number of hydrogen-bond donors (Lipinski definition) is 1. The molecule has 3 rings (SSSR count). The van der Waals surface area contributed by atoms with Crippen LogP contribution in [0.25, 0.3) is 0 Å². The van der Waals surface area contributed by atoms with Gasteiger partial charge in [-0.25, -0.2) is 9.59 Å². The molecule has 2 aromatic rings.